The second-order valence-electron chi connectivity index (χ2n) is 7.85. The number of fused-ring (bicyclic) bond motifs is 2. The van der Waals surface area contributed by atoms with Crippen molar-refractivity contribution in [3.63, 3.8) is 0 Å². The molecule has 1 amide bonds. The smallest absolute Gasteiger partial charge is 0.264 e. The van der Waals surface area contributed by atoms with Crippen LogP contribution in [0.3, 0.4) is 0 Å². The van der Waals surface area contributed by atoms with Gasteiger partial charge in [0.2, 0.25) is 0 Å². The number of Topliss-reactive ketones (excluding diaryl/α,β-unsaturated/α-hetero) is 1. The summed E-state index contributed by atoms with van der Waals surface area (Å²) < 4.78 is 24.3. The first-order valence-corrected chi connectivity index (χ1v) is 10.3. The molecule has 1 atom stereocenters. The SMILES string of the molecule is O=C(CC1(O)C(=O)N(Cc2ccc(F)cc2)c2ccccc21)c1ccc2c(c1)OCCO2. The van der Waals surface area contributed by atoms with Crippen LogP contribution >= 0.6 is 0 Å². The maximum Gasteiger partial charge on any atom is 0.264 e. The van der Waals surface area contributed by atoms with Crippen LogP contribution in [-0.2, 0) is 16.9 Å². The van der Waals surface area contributed by atoms with Crippen LogP contribution in [0.2, 0.25) is 0 Å². The normalized spacial score (nSPS) is 19.1. The molecule has 0 aliphatic carbocycles. The van der Waals surface area contributed by atoms with E-state index >= 15 is 0 Å². The first-order valence-electron chi connectivity index (χ1n) is 10.3. The lowest BCUT2D eigenvalue weighted by atomic mass is 9.88. The molecule has 0 fully saturated rings. The lowest BCUT2D eigenvalue weighted by molar-refractivity contribution is -0.136. The number of benzene rings is 3. The van der Waals surface area contributed by atoms with Crippen LogP contribution in [0.5, 0.6) is 11.5 Å². The van der Waals surface area contributed by atoms with E-state index in [2.05, 4.69) is 0 Å². The predicted molar refractivity (Wildman–Crippen MR) is 114 cm³/mol. The number of hydrogen-bond acceptors (Lipinski definition) is 5. The molecule has 0 spiro atoms. The van der Waals surface area contributed by atoms with Crippen molar-refractivity contribution in [1.82, 2.24) is 0 Å². The minimum Gasteiger partial charge on any atom is -0.486 e. The Morgan fingerprint density at radius 1 is 1.00 bits per heavy atom. The van der Waals surface area contributed by atoms with E-state index < -0.39 is 23.7 Å². The highest BCUT2D eigenvalue weighted by Gasteiger charge is 2.50. The highest BCUT2D eigenvalue weighted by atomic mass is 19.1. The Hall–Kier alpha value is -3.71. The monoisotopic (exact) mass is 433 g/mol. The van der Waals surface area contributed by atoms with E-state index in [1.165, 1.54) is 17.0 Å². The number of nitrogens with zero attached hydrogens (tertiary/aromatic N) is 1. The lowest BCUT2D eigenvalue weighted by Gasteiger charge is -2.23. The molecule has 1 unspecified atom stereocenters. The van der Waals surface area contributed by atoms with E-state index in [0.29, 0.717) is 47.1 Å². The maximum atomic E-state index is 13.4. The molecule has 0 saturated heterocycles. The number of carbonyl (C=O) groups is 2. The lowest BCUT2D eigenvalue weighted by Crippen LogP contribution is -2.41. The van der Waals surface area contributed by atoms with Crippen molar-refractivity contribution in [2.45, 2.75) is 18.6 Å². The number of anilines is 1. The summed E-state index contributed by atoms with van der Waals surface area (Å²) in [6.45, 7) is 0.977. The summed E-state index contributed by atoms with van der Waals surface area (Å²) in [7, 11) is 0. The molecule has 0 saturated carbocycles. The van der Waals surface area contributed by atoms with Crippen LogP contribution < -0.4 is 14.4 Å². The quantitative estimate of drug-likeness (QED) is 0.623. The van der Waals surface area contributed by atoms with E-state index in [9.17, 15) is 19.1 Å². The number of halogens is 1. The van der Waals surface area contributed by atoms with Crippen molar-refractivity contribution in [1.29, 1.82) is 0 Å². The molecule has 2 heterocycles. The average molecular weight is 433 g/mol. The van der Waals surface area contributed by atoms with Gasteiger partial charge in [0.25, 0.3) is 5.91 Å². The summed E-state index contributed by atoms with van der Waals surface area (Å²) in [5, 5.41) is 11.4. The molecule has 5 rings (SSSR count). The standard InChI is InChI=1S/C25H20FNO5/c26-18-8-5-16(6-9-18)15-27-20-4-2-1-3-19(20)25(30,24(27)29)14-21(28)17-7-10-22-23(13-17)32-12-11-31-22/h1-10,13,30H,11-12,14-15H2. The highest BCUT2D eigenvalue weighted by Crippen LogP contribution is 2.44. The largest absolute Gasteiger partial charge is 0.486 e. The molecule has 0 bridgehead atoms. The van der Waals surface area contributed by atoms with Gasteiger partial charge in [-0.2, -0.15) is 0 Å². The first kappa shape index (κ1) is 20.2. The molecular weight excluding hydrogens is 413 g/mol. The molecule has 6 nitrogen and oxygen atoms in total. The zero-order valence-electron chi connectivity index (χ0n) is 17.1. The van der Waals surface area contributed by atoms with Gasteiger partial charge in [0.15, 0.2) is 22.9 Å². The van der Waals surface area contributed by atoms with Crippen molar-refractivity contribution in [3.8, 4) is 11.5 Å². The molecule has 2 aliphatic heterocycles. The summed E-state index contributed by atoms with van der Waals surface area (Å²) in [6.07, 6.45) is -0.414. The summed E-state index contributed by atoms with van der Waals surface area (Å²) in [6, 6.07) is 17.5. The van der Waals surface area contributed by atoms with Gasteiger partial charge in [-0.1, -0.05) is 30.3 Å². The topological polar surface area (TPSA) is 76.1 Å². The average Bonchev–Trinajstić information content (AvgIpc) is 3.02. The van der Waals surface area contributed by atoms with Gasteiger partial charge >= 0.3 is 0 Å². The van der Waals surface area contributed by atoms with Gasteiger partial charge in [0, 0.05) is 11.1 Å². The van der Waals surface area contributed by atoms with Gasteiger partial charge < -0.3 is 19.5 Å². The second-order valence-corrected chi connectivity index (χ2v) is 7.85. The van der Waals surface area contributed by atoms with E-state index in [4.69, 9.17) is 9.47 Å². The fourth-order valence-corrected chi connectivity index (χ4v) is 4.16. The van der Waals surface area contributed by atoms with E-state index in [0.717, 1.165) is 0 Å². The summed E-state index contributed by atoms with van der Waals surface area (Å²) in [4.78, 5) is 27.9. The van der Waals surface area contributed by atoms with Crippen LogP contribution in [0.4, 0.5) is 10.1 Å². The summed E-state index contributed by atoms with van der Waals surface area (Å²) in [5.74, 6) is -0.335. The number of para-hydroxylation sites is 1. The Kier molecular flexibility index (Phi) is 4.90. The Morgan fingerprint density at radius 2 is 1.72 bits per heavy atom. The van der Waals surface area contributed by atoms with Gasteiger partial charge in [0.05, 0.1) is 18.7 Å². The number of ether oxygens (including phenoxy) is 2. The van der Waals surface area contributed by atoms with Crippen LogP contribution in [0, 0.1) is 5.82 Å². The van der Waals surface area contributed by atoms with Gasteiger partial charge in [-0.15, -0.1) is 0 Å². The molecule has 0 aromatic heterocycles. The number of ketones is 1. The van der Waals surface area contributed by atoms with Gasteiger partial charge in [-0.05, 0) is 42.0 Å². The van der Waals surface area contributed by atoms with Gasteiger partial charge in [0.1, 0.15) is 19.0 Å². The van der Waals surface area contributed by atoms with Crippen LogP contribution in [0.1, 0.15) is 27.9 Å². The van der Waals surface area contributed by atoms with Crippen molar-refractivity contribution in [2.24, 2.45) is 0 Å². The molecule has 7 heteroatoms. The molecule has 2 aliphatic rings. The zero-order chi connectivity index (χ0) is 22.3. The molecule has 0 radical (unpaired) electrons. The molecule has 162 valence electrons. The van der Waals surface area contributed by atoms with E-state index in [-0.39, 0.29) is 12.4 Å². The Balaban J connectivity index is 1.44. The zero-order valence-corrected chi connectivity index (χ0v) is 17.1. The Labute approximate surface area is 183 Å². The van der Waals surface area contributed by atoms with E-state index in [1.54, 1.807) is 54.6 Å². The second kappa shape index (κ2) is 7.76. The fraction of sp³-hybridized carbons (Fsp3) is 0.200. The van der Waals surface area contributed by atoms with Crippen LogP contribution in [-0.4, -0.2) is 30.0 Å². The van der Waals surface area contributed by atoms with Crippen molar-refractivity contribution >= 4 is 17.4 Å². The Bertz CT molecular complexity index is 1210. The highest BCUT2D eigenvalue weighted by molar-refractivity contribution is 6.10. The molecule has 3 aromatic rings. The molecular formula is C25H20FNO5. The third-order valence-corrected chi connectivity index (χ3v) is 5.77. The number of aliphatic hydroxyl groups is 1. The number of hydrogen-bond donors (Lipinski definition) is 1. The van der Waals surface area contributed by atoms with E-state index in [1.807, 2.05) is 0 Å². The van der Waals surface area contributed by atoms with Gasteiger partial charge in [-0.3, -0.25) is 9.59 Å². The summed E-state index contributed by atoms with van der Waals surface area (Å²) >= 11 is 0. The minimum absolute atomic E-state index is 0.149. The molecule has 3 aromatic carbocycles. The molecule has 32 heavy (non-hydrogen) atoms. The predicted octanol–water partition coefficient (Wildman–Crippen LogP) is 3.60. The minimum atomic E-state index is -2.00. The Morgan fingerprint density at radius 3 is 2.50 bits per heavy atom. The number of amides is 1. The van der Waals surface area contributed by atoms with Crippen molar-refractivity contribution < 1.29 is 28.6 Å². The molecule has 1 N–H and O–H groups in total. The van der Waals surface area contributed by atoms with Crippen molar-refractivity contribution in [2.75, 3.05) is 18.1 Å². The maximum absolute atomic E-state index is 13.4. The summed E-state index contributed by atoms with van der Waals surface area (Å²) in [5.41, 5.74) is -0.0692. The van der Waals surface area contributed by atoms with Crippen LogP contribution in [0.25, 0.3) is 0 Å². The third-order valence-electron chi connectivity index (χ3n) is 5.77. The number of carbonyl (C=O) groups excluding carboxylic acids is 2. The first-order chi connectivity index (χ1) is 15.5. The van der Waals surface area contributed by atoms with Gasteiger partial charge in [-0.25, -0.2) is 4.39 Å². The fourth-order valence-electron chi connectivity index (χ4n) is 4.16. The third kappa shape index (κ3) is 3.40. The van der Waals surface area contributed by atoms with Crippen molar-refractivity contribution in [3.05, 3.63) is 89.2 Å². The number of rotatable bonds is 5. The van der Waals surface area contributed by atoms with Crippen LogP contribution in [0.15, 0.2) is 66.7 Å².